The van der Waals surface area contributed by atoms with Crippen LogP contribution in [0.4, 0.5) is 0 Å². The van der Waals surface area contributed by atoms with Crippen molar-refractivity contribution in [2.24, 2.45) is 5.92 Å². The summed E-state index contributed by atoms with van der Waals surface area (Å²) in [4.78, 5) is 13.6. The van der Waals surface area contributed by atoms with Gasteiger partial charge in [0.1, 0.15) is 0 Å². The lowest BCUT2D eigenvalue weighted by molar-refractivity contribution is -0.137. The molecule has 1 aliphatic rings. The molecule has 4 nitrogen and oxygen atoms in total. The lowest BCUT2D eigenvalue weighted by Crippen LogP contribution is -2.53. The van der Waals surface area contributed by atoms with Crippen molar-refractivity contribution in [1.29, 1.82) is 0 Å². The number of rotatable bonds is 5. The quantitative estimate of drug-likeness (QED) is 0.801. The zero-order valence-corrected chi connectivity index (χ0v) is 11.8. The molecule has 5 heteroatoms. The number of hydrogen-bond acceptors (Lipinski definition) is 4. The Balaban J connectivity index is 2.51. The van der Waals surface area contributed by atoms with Crippen LogP contribution in [0.2, 0.25) is 0 Å². The van der Waals surface area contributed by atoms with Crippen LogP contribution in [-0.4, -0.2) is 60.3 Å². The molecule has 1 amide bonds. The van der Waals surface area contributed by atoms with Crippen molar-refractivity contribution in [3.8, 4) is 0 Å². The number of thioether (sulfide) groups is 1. The van der Waals surface area contributed by atoms with E-state index in [4.69, 9.17) is 4.74 Å². The monoisotopic (exact) mass is 261 g/mol. The lowest BCUT2D eigenvalue weighted by Gasteiger charge is -2.43. The highest BCUT2D eigenvalue weighted by atomic mass is 32.2. The second-order valence-electron chi connectivity index (χ2n) is 4.77. The fourth-order valence-corrected chi connectivity index (χ4v) is 2.69. The summed E-state index contributed by atoms with van der Waals surface area (Å²) in [5.41, 5.74) is -0.674. The molecule has 100 valence electrons. The van der Waals surface area contributed by atoms with Crippen LogP contribution >= 0.6 is 11.8 Å². The van der Waals surface area contributed by atoms with Crippen LogP contribution in [0.3, 0.4) is 0 Å². The predicted molar refractivity (Wildman–Crippen MR) is 70.2 cm³/mol. The third-order valence-corrected chi connectivity index (χ3v) is 4.12. The molecule has 0 unspecified atom stereocenters. The average Bonchev–Trinajstić information content (AvgIpc) is 2.31. The maximum atomic E-state index is 11.8. The number of nitrogens with zero attached hydrogens (tertiary/aromatic N) is 1. The molecule has 0 aliphatic carbocycles. The fraction of sp³-hybridized carbons (Fsp3) is 0.917. The summed E-state index contributed by atoms with van der Waals surface area (Å²) in [5, 5.41) is 10.5. The largest absolute Gasteiger partial charge is 0.389 e. The van der Waals surface area contributed by atoms with Gasteiger partial charge in [0.15, 0.2) is 0 Å². The third kappa shape index (κ3) is 3.86. The molecule has 1 fully saturated rings. The van der Waals surface area contributed by atoms with Gasteiger partial charge in [-0.25, -0.2) is 0 Å². The molecule has 0 saturated carbocycles. The zero-order valence-electron chi connectivity index (χ0n) is 10.9. The first-order chi connectivity index (χ1) is 8.03. The first-order valence-corrected chi connectivity index (χ1v) is 7.41. The van der Waals surface area contributed by atoms with E-state index in [1.54, 1.807) is 18.9 Å². The summed E-state index contributed by atoms with van der Waals surface area (Å²) in [7, 11) is 1.64. The molecular formula is C12H23NO3S. The smallest absolute Gasteiger partial charge is 0.232 e. The van der Waals surface area contributed by atoms with Gasteiger partial charge in [0.2, 0.25) is 5.91 Å². The number of carbonyl (C=O) groups is 1. The van der Waals surface area contributed by atoms with E-state index in [0.29, 0.717) is 38.3 Å². The summed E-state index contributed by atoms with van der Waals surface area (Å²) in [6.07, 6.45) is 3.23. The van der Waals surface area contributed by atoms with Crippen molar-refractivity contribution < 1.29 is 14.6 Å². The Kier molecular flexibility index (Phi) is 5.76. The minimum atomic E-state index is -0.674. The second-order valence-corrected chi connectivity index (χ2v) is 5.64. The first-order valence-electron chi connectivity index (χ1n) is 6.01. The van der Waals surface area contributed by atoms with E-state index in [2.05, 4.69) is 0 Å². The van der Waals surface area contributed by atoms with E-state index in [0.717, 1.165) is 0 Å². The Morgan fingerprint density at radius 1 is 1.65 bits per heavy atom. The van der Waals surface area contributed by atoms with Crippen molar-refractivity contribution in [1.82, 2.24) is 4.90 Å². The van der Waals surface area contributed by atoms with E-state index in [1.807, 2.05) is 18.1 Å². The van der Waals surface area contributed by atoms with E-state index in [1.165, 1.54) is 0 Å². The van der Waals surface area contributed by atoms with Gasteiger partial charge in [-0.3, -0.25) is 4.79 Å². The Bertz CT molecular complexity index is 262. The average molecular weight is 261 g/mol. The Hall–Kier alpha value is -0.260. The molecule has 1 saturated heterocycles. The van der Waals surface area contributed by atoms with Crippen molar-refractivity contribution in [2.75, 3.05) is 38.8 Å². The van der Waals surface area contributed by atoms with E-state index in [9.17, 15) is 9.90 Å². The normalized spacial score (nSPS) is 29.4. The summed E-state index contributed by atoms with van der Waals surface area (Å²) in [6, 6.07) is 0. The molecule has 1 aliphatic heterocycles. The van der Waals surface area contributed by atoms with Crippen LogP contribution in [0, 0.1) is 5.92 Å². The molecule has 0 aromatic rings. The number of amides is 1. The molecular weight excluding hydrogens is 238 g/mol. The SMILES string of the molecule is COCC[C@@]1(O)CCN(C(=O)CSC)C[C@@H]1C. The minimum absolute atomic E-state index is 0.109. The van der Waals surface area contributed by atoms with Crippen LogP contribution in [0.15, 0.2) is 0 Å². The molecule has 0 radical (unpaired) electrons. The number of carbonyl (C=O) groups excluding carboxylic acids is 1. The maximum absolute atomic E-state index is 11.8. The van der Waals surface area contributed by atoms with Gasteiger partial charge in [-0.15, -0.1) is 0 Å². The van der Waals surface area contributed by atoms with Gasteiger partial charge >= 0.3 is 0 Å². The lowest BCUT2D eigenvalue weighted by atomic mass is 9.80. The van der Waals surface area contributed by atoms with Crippen LogP contribution in [0.1, 0.15) is 19.8 Å². The Labute approximate surface area is 108 Å². The number of ether oxygens (including phenoxy) is 1. The first kappa shape index (κ1) is 14.8. The van der Waals surface area contributed by atoms with Gasteiger partial charge in [-0.05, 0) is 19.1 Å². The molecule has 1 heterocycles. The van der Waals surface area contributed by atoms with Gasteiger partial charge in [-0.1, -0.05) is 6.92 Å². The number of hydrogen-bond donors (Lipinski definition) is 1. The Morgan fingerprint density at radius 2 is 2.35 bits per heavy atom. The van der Waals surface area contributed by atoms with E-state index < -0.39 is 5.60 Å². The van der Waals surface area contributed by atoms with Crippen LogP contribution in [0.25, 0.3) is 0 Å². The number of methoxy groups -OCH3 is 1. The number of piperidine rings is 1. The summed E-state index contributed by atoms with van der Waals surface area (Å²) < 4.78 is 5.03. The van der Waals surface area contributed by atoms with Crippen LogP contribution in [0.5, 0.6) is 0 Å². The third-order valence-electron chi connectivity index (χ3n) is 3.59. The molecule has 0 aromatic heterocycles. The van der Waals surface area contributed by atoms with Crippen molar-refractivity contribution in [3.63, 3.8) is 0 Å². The molecule has 0 spiro atoms. The summed E-state index contributed by atoms with van der Waals surface area (Å²) in [5.74, 6) is 0.818. The molecule has 0 bridgehead atoms. The van der Waals surface area contributed by atoms with Crippen LogP contribution < -0.4 is 0 Å². The van der Waals surface area contributed by atoms with Gasteiger partial charge < -0.3 is 14.7 Å². The predicted octanol–water partition coefficient (Wildman–Crippen LogP) is 0.985. The summed E-state index contributed by atoms with van der Waals surface area (Å²) in [6.45, 7) is 3.89. The second kappa shape index (κ2) is 6.61. The standard InChI is InChI=1S/C12H23NO3S/c1-10-8-13(11(14)9-17-3)6-4-12(10,15)5-7-16-2/h10,15H,4-9H2,1-3H3/t10-,12-/m0/s1. The van der Waals surface area contributed by atoms with Crippen molar-refractivity contribution >= 4 is 17.7 Å². The fourth-order valence-electron chi connectivity index (χ4n) is 2.26. The molecule has 0 aromatic carbocycles. The zero-order chi connectivity index (χ0) is 12.9. The maximum Gasteiger partial charge on any atom is 0.232 e. The van der Waals surface area contributed by atoms with Gasteiger partial charge in [0, 0.05) is 32.7 Å². The van der Waals surface area contributed by atoms with Gasteiger partial charge in [0.05, 0.1) is 11.4 Å². The highest BCUT2D eigenvalue weighted by molar-refractivity contribution is 7.99. The minimum Gasteiger partial charge on any atom is -0.389 e. The van der Waals surface area contributed by atoms with Gasteiger partial charge in [-0.2, -0.15) is 11.8 Å². The highest BCUT2D eigenvalue weighted by Crippen LogP contribution is 2.31. The molecule has 1 rings (SSSR count). The summed E-state index contributed by atoms with van der Waals surface area (Å²) >= 11 is 1.54. The molecule has 1 N–H and O–H groups in total. The molecule has 2 atom stereocenters. The number of likely N-dealkylation sites (tertiary alicyclic amines) is 1. The van der Waals surface area contributed by atoms with Crippen molar-refractivity contribution in [2.45, 2.75) is 25.4 Å². The van der Waals surface area contributed by atoms with E-state index in [-0.39, 0.29) is 11.8 Å². The van der Waals surface area contributed by atoms with Crippen LogP contribution in [-0.2, 0) is 9.53 Å². The van der Waals surface area contributed by atoms with Gasteiger partial charge in [0.25, 0.3) is 0 Å². The topological polar surface area (TPSA) is 49.8 Å². The Morgan fingerprint density at radius 3 is 2.88 bits per heavy atom. The number of aliphatic hydroxyl groups is 1. The highest BCUT2D eigenvalue weighted by Gasteiger charge is 2.39. The van der Waals surface area contributed by atoms with Crippen molar-refractivity contribution in [3.05, 3.63) is 0 Å². The molecule has 17 heavy (non-hydrogen) atoms. The van der Waals surface area contributed by atoms with E-state index >= 15 is 0 Å².